The highest BCUT2D eigenvalue weighted by molar-refractivity contribution is 5.85. The summed E-state index contributed by atoms with van der Waals surface area (Å²) < 4.78 is 8.69. The number of nitrogens with zero attached hydrogens (tertiary/aromatic N) is 5. The van der Waals surface area contributed by atoms with Crippen LogP contribution >= 0.6 is 0 Å². The van der Waals surface area contributed by atoms with Crippen molar-refractivity contribution in [3.05, 3.63) is 23.1 Å². The van der Waals surface area contributed by atoms with Gasteiger partial charge in [-0.3, -0.25) is 9.13 Å². The predicted octanol–water partition coefficient (Wildman–Crippen LogP) is 0.128. The maximum atomic E-state index is 12.7. The largest absolute Gasteiger partial charge is 0.459 e. The van der Waals surface area contributed by atoms with E-state index in [1.165, 1.54) is 4.57 Å². The molecule has 0 unspecified atom stereocenters. The molecular weight excluding hydrogens is 320 g/mol. The number of rotatable bonds is 5. The zero-order valence-electron chi connectivity index (χ0n) is 14.6. The number of aryl methyl sites for hydroxylation is 1. The third-order valence-corrected chi connectivity index (χ3v) is 4.09. The number of hydrogen-bond donors (Lipinski definition) is 1. The summed E-state index contributed by atoms with van der Waals surface area (Å²) in [5.41, 5.74) is 1.08. The molecule has 0 spiro atoms. The number of anilines is 1. The van der Waals surface area contributed by atoms with Gasteiger partial charge in [-0.05, 0) is 6.92 Å². The molecule has 3 heterocycles. The lowest BCUT2D eigenvalue weighted by atomic mass is 10.3. The van der Waals surface area contributed by atoms with Crippen LogP contribution in [0.1, 0.15) is 6.92 Å². The van der Waals surface area contributed by atoms with E-state index in [1.54, 1.807) is 24.6 Å². The van der Waals surface area contributed by atoms with E-state index in [4.69, 9.17) is 4.74 Å². The Bertz CT molecular complexity index is 896. The highest BCUT2D eigenvalue weighted by Gasteiger charge is 2.23. The molecule has 1 saturated heterocycles. The first-order chi connectivity index (χ1) is 12.2. The summed E-state index contributed by atoms with van der Waals surface area (Å²) >= 11 is 0. The van der Waals surface area contributed by atoms with E-state index in [-0.39, 0.29) is 11.7 Å². The Morgan fingerprint density at radius 2 is 2.12 bits per heavy atom. The lowest BCUT2D eigenvalue weighted by molar-refractivity contribution is 0.334. The molecule has 8 heteroatoms. The number of imidazole rings is 1. The molecule has 25 heavy (non-hydrogen) atoms. The average Bonchev–Trinajstić information content (AvgIpc) is 2.89. The molecule has 0 saturated carbocycles. The number of piperazine rings is 1. The third-order valence-electron chi connectivity index (χ3n) is 4.09. The van der Waals surface area contributed by atoms with Crippen LogP contribution in [0.5, 0.6) is 6.01 Å². The molecule has 0 atom stereocenters. The Labute approximate surface area is 146 Å². The first-order valence-corrected chi connectivity index (χ1v) is 8.23. The quantitative estimate of drug-likeness (QED) is 0.615. The highest BCUT2D eigenvalue weighted by atomic mass is 16.5. The van der Waals surface area contributed by atoms with Crippen molar-refractivity contribution in [1.82, 2.24) is 24.4 Å². The molecule has 0 amide bonds. The van der Waals surface area contributed by atoms with Crippen molar-refractivity contribution in [2.45, 2.75) is 13.5 Å². The van der Waals surface area contributed by atoms with Crippen LogP contribution in [-0.4, -0.2) is 51.9 Å². The van der Waals surface area contributed by atoms with Gasteiger partial charge in [-0.25, -0.2) is 4.79 Å². The lowest BCUT2D eigenvalue weighted by Gasteiger charge is -2.29. The SMILES string of the molecule is C=CCOc1nc(N2CCNCC2)c2c(n1)n(C)c(=O)n2CC#CC. The van der Waals surface area contributed by atoms with Gasteiger partial charge in [0.05, 0.1) is 6.54 Å². The Morgan fingerprint density at radius 3 is 2.80 bits per heavy atom. The van der Waals surface area contributed by atoms with Crippen molar-refractivity contribution in [3.63, 3.8) is 0 Å². The van der Waals surface area contributed by atoms with Crippen LogP contribution in [0.4, 0.5) is 5.82 Å². The van der Waals surface area contributed by atoms with Crippen LogP contribution in [0.3, 0.4) is 0 Å². The zero-order valence-corrected chi connectivity index (χ0v) is 14.6. The minimum absolute atomic E-state index is 0.163. The van der Waals surface area contributed by atoms with Crippen LogP contribution in [0.25, 0.3) is 11.2 Å². The summed E-state index contributed by atoms with van der Waals surface area (Å²) in [5, 5.41) is 3.32. The summed E-state index contributed by atoms with van der Waals surface area (Å²) in [4.78, 5) is 23.8. The van der Waals surface area contributed by atoms with E-state index in [2.05, 4.69) is 38.6 Å². The molecule has 2 aromatic rings. The second-order valence-corrected chi connectivity index (χ2v) is 5.69. The molecule has 132 valence electrons. The van der Waals surface area contributed by atoms with E-state index in [9.17, 15) is 4.79 Å². The van der Waals surface area contributed by atoms with Crippen molar-refractivity contribution in [2.75, 3.05) is 37.7 Å². The fourth-order valence-electron chi connectivity index (χ4n) is 2.85. The topological polar surface area (TPSA) is 77.2 Å². The van der Waals surface area contributed by atoms with Crippen molar-refractivity contribution in [1.29, 1.82) is 0 Å². The summed E-state index contributed by atoms with van der Waals surface area (Å²) in [5.74, 6) is 6.50. The van der Waals surface area contributed by atoms with Crippen LogP contribution in [0, 0.1) is 11.8 Å². The monoisotopic (exact) mass is 342 g/mol. The van der Waals surface area contributed by atoms with Gasteiger partial charge in [0.25, 0.3) is 0 Å². The van der Waals surface area contributed by atoms with Gasteiger partial charge in [0.2, 0.25) is 0 Å². The molecule has 1 fully saturated rings. The molecule has 0 bridgehead atoms. The number of nitrogens with one attached hydrogen (secondary N) is 1. The van der Waals surface area contributed by atoms with Crippen molar-refractivity contribution in [3.8, 4) is 17.9 Å². The second-order valence-electron chi connectivity index (χ2n) is 5.69. The minimum Gasteiger partial charge on any atom is -0.459 e. The van der Waals surface area contributed by atoms with Gasteiger partial charge >= 0.3 is 11.7 Å². The van der Waals surface area contributed by atoms with Crippen LogP contribution in [0.15, 0.2) is 17.4 Å². The molecule has 0 radical (unpaired) electrons. The lowest BCUT2D eigenvalue weighted by Crippen LogP contribution is -2.44. The number of hydrogen-bond acceptors (Lipinski definition) is 6. The fourth-order valence-corrected chi connectivity index (χ4v) is 2.85. The summed E-state index contributed by atoms with van der Waals surface area (Å²) in [6.07, 6.45) is 1.64. The van der Waals surface area contributed by atoms with Gasteiger partial charge in [0.15, 0.2) is 11.5 Å². The van der Waals surface area contributed by atoms with Gasteiger partial charge in [-0.2, -0.15) is 9.97 Å². The third kappa shape index (κ3) is 3.23. The van der Waals surface area contributed by atoms with E-state index in [0.29, 0.717) is 30.1 Å². The molecule has 0 aliphatic carbocycles. The number of fused-ring (bicyclic) bond motifs is 1. The molecular formula is C17H22N6O2. The van der Waals surface area contributed by atoms with Crippen LogP contribution in [0.2, 0.25) is 0 Å². The van der Waals surface area contributed by atoms with Crippen LogP contribution < -0.4 is 20.6 Å². The molecule has 1 aliphatic heterocycles. The highest BCUT2D eigenvalue weighted by Crippen LogP contribution is 2.26. The van der Waals surface area contributed by atoms with Gasteiger partial charge in [-0.1, -0.05) is 18.6 Å². The molecule has 0 aromatic carbocycles. The minimum atomic E-state index is -0.163. The van der Waals surface area contributed by atoms with E-state index in [0.717, 1.165) is 26.2 Å². The Morgan fingerprint density at radius 1 is 1.36 bits per heavy atom. The van der Waals surface area contributed by atoms with Crippen molar-refractivity contribution in [2.24, 2.45) is 7.05 Å². The number of aromatic nitrogens is 4. The molecule has 3 rings (SSSR count). The van der Waals surface area contributed by atoms with Gasteiger partial charge in [-0.15, -0.1) is 5.92 Å². The van der Waals surface area contributed by atoms with E-state index in [1.807, 2.05) is 0 Å². The molecule has 2 aromatic heterocycles. The Hall–Kier alpha value is -2.79. The Balaban J connectivity index is 2.22. The fraction of sp³-hybridized carbons (Fsp3) is 0.471. The smallest absolute Gasteiger partial charge is 0.331 e. The first-order valence-electron chi connectivity index (χ1n) is 8.23. The zero-order chi connectivity index (χ0) is 17.8. The van der Waals surface area contributed by atoms with Crippen molar-refractivity contribution >= 4 is 17.0 Å². The predicted molar refractivity (Wildman–Crippen MR) is 97.0 cm³/mol. The van der Waals surface area contributed by atoms with Crippen LogP contribution in [-0.2, 0) is 13.6 Å². The summed E-state index contributed by atoms with van der Waals surface area (Å²) in [6.45, 7) is 9.34. The molecule has 1 aliphatic rings. The average molecular weight is 342 g/mol. The first kappa shape index (κ1) is 17.0. The standard InChI is InChI=1S/C17H22N6O2/c1-4-6-9-23-13-14(21(3)17(23)24)19-16(25-12-5-2)20-15(13)22-10-7-18-8-11-22/h5,18H,2,7-12H2,1,3H3. The number of ether oxygens (including phenoxy) is 1. The van der Waals surface area contributed by atoms with E-state index < -0.39 is 0 Å². The Kier molecular flexibility index (Phi) is 5.05. The van der Waals surface area contributed by atoms with E-state index >= 15 is 0 Å². The normalized spacial score (nSPS) is 14.2. The second kappa shape index (κ2) is 7.40. The van der Waals surface area contributed by atoms with Gasteiger partial charge < -0.3 is 15.0 Å². The maximum Gasteiger partial charge on any atom is 0.331 e. The summed E-state index contributed by atoms with van der Waals surface area (Å²) in [7, 11) is 1.70. The summed E-state index contributed by atoms with van der Waals surface area (Å²) in [6, 6.07) is 0.246. The molecule has 1 N–H and O–H groups in total. The van der Waals surface area contributed by atoms with Crippen molar-refractivity contribution < 1.29 is 4.74 Å². The molecule has 8 nitrogen and oxygen atoms in total. The van der Waals surface area contributed by atoms with Gasteiger partial charge in [0.1, 0.15) is 12.1 Å². The van der Waals surface area contributed by atoms with Gasteiger partial charge in [0, 0.05) is 33.2 Å². The maximum absolute atomic E-state index is 12.7.